The lowest BCUT2D eigenvalue weighted by Crippen LogP contribution is -2.36. The number of nitro groups is 1. The maximum atomic E-state index is 11.7. The molecule has 1 unspecified atom stereocenters. The summed E-state index contributed by atoms with van der Waals surface area (Å²) in [7, 11) is 0. The van der Waals surface area contributed by atoms with E-state index in [1.807, 2.05) is 0 Å². The number of aliphatic hydroxyl groups excluding tert-OH is 1. The SMILES string of the molecule is O=C(NCC(O)C(=O)O)c1cccc(Cl)c1[N+](=O)[O-]. The zero-order chi connectivity index (χ0) is 14.6. The molecule has 1 amide bonds. The second kappa shape index (κ2) is 6.12. The largest absolute Gasteiger partial charge is 0.479 e. The molecule has 0 aliphatic heterocycles. The molecular weight excluding hydrogens is 280 g/mol. The van der Waals surface area contributed by atoms with Crippen molar-refractivity contribution in [3.63, 3.8) is 0 Å². The highest BCUT2D eigenvalue weighted by molar-refractivity contribution is 6.33. The fourth-order valence-electron chi connectivity index (χ4n) is 1.26. The molecule has 0 radical (unpaired) electrons. The molecule has 0 spiro atoms. The van der Waals surface area contributed by atoms with Crippen molar-refractivity contribution in [2.75, 3.05) is 6.54 Å². The van der Waals surface area contributed by atoms with Gasteiger partial charge in [-0.25, -0.2) is 4.79 Å². The minimum atomic E-state index is -1.79. The fourth-order valence-corrected chi connectivity index (χ4v) is 1.50. The first-order chi connectivity index (χ1) is 8.84. The molecule has 1 aromatic carbocycles. The predicted octanol–water partition coefficient (Wildman–Crippen LogP) is 0.423. The normalized spacial score (nSPS) is 11.7. The van der Waals surface area contributed by atoms with Crippen molar-refractivity contribution in [1.29, 1.82) is 0 Å². The Bertz CT molecular complexity index is 533. The molecule has 0 aliphatic carbocycles. The fraction of sp³-hybridized carbons (Fsp3) is 0.200. The number of para-hydroxylation sites is 1. The van der Waals surface area contributed by atoms with Crippen LogP contribution in [0.15, 0.2) is 18.2 Å². The number of aliphatic hydroxyl groups is 1. The molecule has 0 bridgehead atoms. The van der Waals surface area contributed by atoms with E-state index in [1.165, 1.54) is 18.2 Å². The summed E-state index contributed by atoms with van der Waals surface area (Å²) in [5.74, 6) is -2.41. The summed E-state index contributed by atoms with van der Waals surface area (Å²) < 4.78 is 0. The quantitative estimate of drug-likeness (QED) is 0.532. The zero-order valence-electron chi connectivity index (χ0n) is 9.37. The van der Waals surface area contributed by atoms with Crippen molar-refractivity contribution < 1.29 is 24.7 Å². The molecule has 3 N–H and O–H groups in total. The van der Waals surface area contributed by atoms with Gasteiger partial charge >= 0.3 is 11.7 Å². The molecule has 9 heteroatoms. The second-order valence-corrected chi connectivity index (χ2v) is 3.86. The van der Waals surface area contributed by atoms with Gasteiger partial charge in [0.1, 0.15) is 10.6 Å². The van der Waals surface area contributed by atoms with Gasteiger partial charge in [0, 0.05) is 0 Å². The van der Waals surface area contributed by atoms with E-state index in [9.17, 15) is 19.7 Å². The number of nitrogens with zero attached hydrogens (tertiary/aromatic N) is 1. The van der Waals surface area contributed by atoms with Crippen LogP contribution in [0.25, 0.3) is 0 Å². The minimum absolute atomic E-state index is 0.212. The Balaban J connectivity index is 2.92. The molecule has 1 atom stereocenters. The number of carboxylic acid groups (broad SMARTS) is 1. The van der Waals surface area contributed by atoms with Crippen molar-refractivity contribution in [3.05, 3.63) is 38.9 Å². The smallest absolute Gasteiger partial charge is 0.334 e. The van der Waals surface area contributed by atoms with E-state index in [0.29, 0.717) is 0 Å². The number of hydrogen-bond donors (Lipinski definition) is 3. The maximum absolute atomic E-state index is 11.7. The van der Waals surface area contributed by atoms with Gasteiger partial charge in [0.2, 0.25) is 0 Å². The Morgan fingerprint density at radius 1 is 1.47 bits per heavy atom. The van der Waals surface area contributed by atoms with Gasteiger partial charge in [0.15, 0.2) is 6.10 Å². The van der Waals surface area contributed by atoms with E-state index in [1.54, 1.807) is 0 Å². The number of halogens is 1. The maximum Gasteiger partial charge on any atom is 0.334 e. The van der Waals surface area contributed by atoms with Crippen LogP contribution in [0.3, 0.4) is 0 Å². The highest BCUT2D eigenvalue weighted by atomic mass is 35.5. The summed E-state index contributed by atoms with van der Waals surface area (Å²) in [6.07, 6.45) is -1.79. The molecule has 0 aliphatic rings. The van der Waals surface area contributed by atoms with Crippen molar-refractivity contribution in [2.45, 2.75) is 6.10 Å². The topological polar surface area (TPSA) is 130 Å². The first-order valence-corrected chi connectivity index (χ1v) is 5.34. The van der Waals surface area contributed by atoms with Crippen molar-refractivity contribution in [3.8, 4) is 0 Å². The van der Waals surface area contributed by atoms with E-state index in [2.05, 4.69) is 5.32 Å². The number of hydrogen-bond acceptors (Lipinski definition) is 5. The van der Waals surface area contributed by atoms with Crippen LogP contribution in [0.2, 0.25) is 5.02 Å². The van der Waals surface area contributed by atoms with Crippen molar-refractivity contribution in [2.24, 2.45) is 0 Å². The van der Waals surface area contributed by atoms with Crippen LogP contribution in [0.5, 0.6) is 0 Å². The van der Waals surface area contributed by atoms with Crippen LogP contribution in [0.4, 0.5) is 5.69 Å². The number of carbonyl (C=O) groups excluding carboxylic acids is 1. The lowest BCUT2D eigenvalue weighted by Gasteiger charge is -2.08. The van der Waals surface area contributed by atoms with Gasteiger partial charge < -0.3 is 15.5 Å². The molecule has 102 valence electrons. The van der Waals surface area contributed by atoms with Crippen LogP contribution >= 0.6 is 11.6 Å². The Morgan fingerprint density at radius 3 is 2.63 bits per heavy atom. The van der Waals surface area contributed by atoms with Gasteiger partial charge in [-0.2, -0.15) is 0 Å². The van der Waals surface area contributed by atoms with Gasteiger partial charge in [0.25, 0.3) is 5.91 Å². The molecule has 19 heavy (non-hydrogen) atoms. The summed E-state index contributed by atoms with van der Waals surface area (Å²) in [5.41, 5.74) is -0.887. The number of carboxylic acids is 1. The second-order valence-electron chi connectivity index (χ2n) is 3.46. The van der Waals surface area contributed by atoms with Gasteiger partial charge in [0.05, 0.1) is 11.5 Å². The predicted molar refractivity (Wildman–Crippen MR) is 64.1 cm³/mol. The molecule has 1 aromatic rings. The minimum Gasteiger partial charge on any atom is -0.479 e. The number of nitro benzene ring substituents is 1. The monoisotopic (exact) mass is 288 g/mol. The Morgan fingerprint density at radius 2 is 2.11 bits per heavy atom. The Labute approximate surface area is 111 Å². The van der Waals surface area contributed by atoms with E-state index >= 15 is 0 Å². The number of carbonyl (C=O) groups is 2. The molecule has 1 rings (SSSR count). The average molecular weight is 289 g/mol. The molecule has 0 heterocycles. The van der Waals surface area contributed by atoms with Crippen LogP contribution in [0.1, 0.15) is 10.4 Å². The van der Waals surface area contributed by atoms with E-state index < -0.39 is 35.1 Å². The van der Waals surface area contributed by atoms with Gasteiger partial charge in [-0.3, -0.25) is 14.9 Å². The Hall–Kier alpha value is -2.19. The van der Waals surface area contributed by atoms with Crippen molar-refractivity contribution in [1.82, 2.24) is 5.32 Å². The van der Waals surface area contributed by atoms with E-state index in [0.717, 1.165) is 0 Å². The Kier molecular flexibility index (Phi) is 4.79. The summed E-state index contributed by atoms with van der Waals surface area (Å²) in [4.78, 5) is 32.0. The van der Waals surface area contributed by atoms with Gasteiger partial charge in [-0.15, -0.1) is 0 Å². The lowest BCUT2D eigenvalue weighted by atomic mass is 10.1. The average Bonchev–Trinajstić information content (AvgIpc) is 2.34. The first-order valence-electron chi connectivity index (χ1n) is 4.96. The third-order valence-electron chi connectivity index (χ3n) is 2.16. The van der Waals surface area contributed by atoms with Gasteiger partial charge in [-0.1, -0.05) is 17.7 Å². The molecule has 0 fully saturated rings. The lowest BCUT2D eigenvalue weighted by molar-refractivity contribution is -0.385. The standard InChI is InChI=1S/C10H9ClN2O6/c11-6-3-1-2-5(8(6)13(18)19)9(15)12-4-7(14)10(16)17/h1-3,7,14H,4H2,(H,12,15)(H,16,17). The van der Waals surface area contributed by atoms with Crippen LogP contribution < -0.4 is 5.32 Å². The van der Waals surface area contributed by atoms with Gasteiger partial charge in [-0.05, 0) is 12.1 Å². The zero-order valence-corrected chi connectivity index (χ0v) is 10.1. The number of nitrogens with one attached hydrogen (secondary N) is 1. The van der Waals surface area contributed by atoms with Crippen LogP contribution in [0, 0.1) is 10.1 Å². The summed E-state index contributed by atoms with van der Waals surface area (Å²) in [6.45, 7) is -0.572. The third-order valence-corrected chi connectivity index (χ3v) is 2.46. The summed E-state index contributed by atoms with van der Waals surface area (Å²) in [6, 6.07) is 3.77. The van der Waals surface area contributed by atoms with Crippen LogP contribution in [-0.4, -0.2) is 39.7 Å². The molecular formula is C10H9ClN2O6. The molecule has 0 aromatic heterocycles. The van der Waals surface area contributed by atoms with E-state index in [4.69, 9.17) is 21.8 Å². The summed E-state index contributed by atoms with van der Waals surface area (Å²) in [5, 5.41) is 30.1. The number of rotatable bonds is 5. The highest BCUT2D eigenvalue weighted by Crippen LogP contribution is 2.27. The molecule has 8 nitrogen and oxygen atoms in total. The number of amides is 1. The number of benzene rings is 1. The molecule has 0 saturated heterocycles. The summed E-state index contributed by atoms with van der Waals surface area (Å²) >= 11 is 5.62. The number of aliphatic carboxylic acids is 1. The third kappa shape index (κ3) is 3.63. The molecule has 0 saturated carbocycles. The first kappa shape index (κ1) is 14.9. The van der Waals surface area contributed by atoms with E-state index in [-0.39, 0.29) is 10.6 Å². The van der Waals surface area contributed by atoms with Crippen molar-refractivity contribution >= 4 is 29.2 Å². The highest BCUT2D eigenvalue weighted by Gasteiger charge is 2.24. The van der Waals surface area contributed by atoms with Crippen LogP contribution in [-0.2, 0) is 4.79 Å².